The van der Waals surface area contributed by atoms with E-state index in [0.29, 0.717) is 11.5 Å². The summed E-state index contributed by atoms with van der Waals surface area (Å²) < 4.78 is 0. The molecule has 1 N–H and O–H groups in total. The van der Waals surface area contributed by atoms with Crippen LogP contribution in [0.2, 0.25) is 0 Å². The van der Waals surface area contributed by atoms with Gasteiger partial charge < -0.3 is 5.32 Å². The van der Waals surface area contributed by atoms with Crippen LogP contribution in [0.1, 0.15) is 88.3 Å². The third-order valence-electron chi connectivity index (χ3n) is 4.76. The highest BCUT2D eigenvalue weighted by Gasteiger charge is 2.28. The molecule has 0 bridgehead atoms. The van der Waals surface area contributed by atoms with E-state index in [2.05, 4.69) is 46.9 Å². The molecular weight excluding hydrogens is 276 g/mol. The molecule has 1 atom stereocenters. The Balaban J connectivity index is 2.00. The molecule has 0 saturated heterocycles. The van der Waals surface area contributed by atoms with E-state index in [9.17, 15) is 0 Å². The second-order valence-electron chi connectivity index (χ2n) is 8.19. The Hall–Kier alpha value is -0.410. The average Bonchev–Trinajstić information content (AvgIpc) is 2.79. The quantitative estimate of drug-likeness (QED) is 0.809. The molecule has 21 heavy (non-hydrogen) atoms. The molecule has 0 radical (unpaired) electrons. The first-order valence-electron chi connectivity index (χ1n) is 8.42. The zero-order chi connectivity index (χ0) is 15.7. The van der Waals surface area contributed by atoms with Gasteiger partial charge in [-0.15, -0.1) is 11.3 Å². The first-order chi connectivity index (χ1) is 9.71. The molecule has 1 fully saturated rings. The van der Waals surface area contributed by atoms with Crippen LogP contribution in [0, 0.1) is 12.3 Å². The molecule has 1 aromatic rings. The van der Waals surface area contributed by atoms with Crippen LogP contribution in [0.4, 0.5) is 0 Å². The molecule has 0 amide bonds. The van der Waals surface area contributed by atoms with E-state index in [4.69, 9.17) is 4.98 Å². The highest BCUT2D eigenvalue weighted by atomic mass is 32.1. The molecule has 0 aliphatic heterocycles. The van der Waals surface area contributed by atoms with E-state index in [0.717, 1.165) is 6.54 Å². The third-order valence-corrected chi connectivity index (χ3v) is 6.53. The summed E-state index contributed by atoms with van der Waals surface area (Å²) in [4.78, 5) is 6.21. The van der Waals surface area contributed by atoms with Crippen LogP contribution in [0.3, 0.4) is 0 Å². The van der Waals surface area contributed by atoms with E-state index < -0.39 is 0 Å². The minimum Gasteiger partial charge on any atom is -0.309 e. The van der Waals surface area contributed by atoms with Crippen molar-refractivity contribution in [2.75, 3.05) is 6.54 Å². The Morgan fingerprint density at radius 3 is 2.38 bits per heavy atom. The Morgan fingerprint density at radius 2 is 1.86 bits per heavy atom. The standard InChI is InChI=1S/C18H32N2S/c1-13(19-12-18(6)10-8-7-9-11-18)15-14(2)20-16(21-15)17(3,4)5/h13,19H,7-12H2,1-6H3. The summed E-state index contributed by atoms with van der Waals surface area (Å²) in [7, 11) is 0. The molecule has 1 saturated carbocycles. The fourth-order valence-corrected chi connectivity index (χ4v) is 4.36. The predicted octanol–water partition coefficient (Wildman–Crippen LogP) is 5.37. The smallest absolute Gasteiger partial charge is 0.0985 e. The van der Waals surface area contributed by atoms with Crippen molar-refractivity contribution in [2.45, 2.75) is 85.1 Å². The van der Waals surface area contributed by atoms with Gasteiger partial charge in [0.15, 0.2) is 0 Å². The van der Waals surface area contributed by atoms with Crippen molar-refractivity contribution < 1.29 is 0 Å². The minimum absolute atomic E-state index is 0.156. The summed E-state index contributed by atoms with van der Waals surface area (Å²) in [6, 6.07) is 0.414. The summed E-state index contributed by atoms with van der Waals surface area (Å²) in [5.74, 6) is 0. The van der Waals surface area contributed by atoms with Gasteiger partial charge in [-0.3, -0.25) is 0 Å². The lowest BCUT2D eigenvalue weighted by atomic mass is 9.75. The van der Waals surface area contributed by atoms with Crippen LogP contribution < -0.4 is 5.32 Å². The number of hydrogen-bond donors (Lipinski definition) is 1. The molecule has 0 spiro atoms. The zero-order valence-corrected chi connectivity index (χ0v) is 15.5. The van der Waals surface area contributed by atoms with Gasteiger partial charge in [0.2, 0.25) is 0 Å². The number of nitrogens with one attached hydrogen (secondary N) is 1. The van der Waals surface area contributed by atoms with E-state index in [1.54, 1.807) is 0 Å². The van der Waals surface area contributed by atoms with Gasteiger partial charge in [-0.05, 0) is 32.1 Å². The fraction of sp³-hybridized carbons (Fsp3) is 0.833. The zero-order valence-electron chi connectivity index (χ0n) is 14.7. The van der Waals surface area contributed by atoms with Crippen LogP contribution in [0.15, 0.2) is 0 Å². The van der Waals surface area contributed by atoms with Gasteiger partial charge in [-0.2, -0.15) is 0 Å². The molecule has 0 aromatic carbocycles. The molecule has 2 nitrogen and oxygen atoms in total. The van der Waals surface area contributed by atoms with Crippen LogP contribution in [-0.4, -0.2) is 11.5 Å². The summed E-state index contributed by atoms with van der Waals surface area (Å²) in [5, 5.41) is 5.04. The fourth-order valence-electron chi connectivity index (χ4n) is 3.21. The van der Waals surface area contributed by atoms with Crippen molar-refractivity contribution in [1.29, 1.82) is 0 Å². The van der Waals surface area contributed by atoms with Gasteiger partial charge in [-0.1, -0.05) is 47.0 Å². The van der Waals surface area contributed by atoms with Crippen molar-refractivity contribution in [3.05, 3.63) is 15.6 Å². The van der Waals surface area contributed by atoms with Gasteiger partial charge >= 0.3 is 0 Å². The second kappa shape index (κ2) is 6.37. The van der Waals surface area contributed by atoms with Crippen molar-refractivity contribution in [3.63, 3.8) is 0 Å². The number of aromatic nitrogens is 1. The maximum absolute atomic E-state index is 4.79. The van der Waals surface area contributed by atoms with Crippen molar-refractivity contribution in [2.24, 2.45) is 5.41 Å². The number of hydrogen-bond acceptors (Lipinski definition) is 3. The maximum Gasteiger partial charge on any atom is 0.0985 e. The van der Waals surface area contributed by atoms with Crippen LogP contribution in [0.5, 0.6) is 0 Å². The molecular formula is C18H32N2S. The van der Waals surface area contributed by atoms with E-state index in [-0.39, 0.29) is 5.41 Å². The SMILES string of the molecule is Cc1nc(C(C)(C)C)sc1C(C)NCC1(C)CCCCC1. The van der Waals surface area contributed by atoms with E-state index in [1.807, 2.05) is 11.3 Å². The number of nitrogens with zero attached hydrogens (tertiary/aromatic N) is 1. The predicted molar refractivity (Wildman–Crippen MR) is 93.2 cm³/mol. The van der Waals surface area contributed by atoms with Gasteiger partial charge in [0.25, 0.3) is 0 Å². The lowest BCUT2D eigenvalue weighted by Gasteiger charge is -2.34. The third kappa shape index (κ3) is 4.29. The summed E-state index contributed by atoms with van der Waals surface area (Å²) in [5.41, 5.74) is 1.86. The topological polar surface area (TPSA) is 24.9 Å². The van der Waals surface area contributed by atoms with Crippen molar-refractivity contribution in [3.8, 4) is 0 Å². The average molecular weight is 309 g/mol. The number of thiazole rings is 1. The van der Waals surface area contributed by atoms with Gasteiger partial charge in [0, 0.05) is 22.9 Å². The van der Waals surface area contributed by atoms with E-state index >= 15 is 0 Å². The van der Waals surface area contributed by atoms with Crippen molar-refractivity contribution >= 4 is 11.3 Å². The first-order valence-corrected chi connectivity index (χ1v) is 9.24. The van der Waals surface area contributed by atoms with Crippen molar-refractivity contribution in [1.82, 2.24) is 10.3 Å². The van der Waals surface area contributed by atoms with Gasteiger partial charge in [0.1, 0.15) is 0 Å². The molecule has 3 heteroatoms. The molecule has 120 valence electrons. The summed E-state index contributed by atoms with van der Waals surface area (Å²) in [6.45, 7) is 14.8. The molecule has 2 rings (SSSR count). The molecule has 1 unspecified atom stereocenters. The largest absolute Gasteiger partial charge is 0.309 e. The maximum atomic E-state index is 4.79. The lowest BCUT2D eigenvalue weighted by Crippen LogP contribution is -2.34. The highest BCUT2D eigenvalue weighted by molar-refractivity contribution is 7.12. The Morgan fingerprint density at radius 1 is 1.24 bits per heavy atom. The number of rotatable bonds is 4. The number of aryl methyl sites for hydroxylation is 1. The van der Waals surface area contributed by atoms with Crippen LogP contribution >= 0.6 is 11.3 Å². The first kappa shape index (κ1) is 17.0. The van der Waals surface area contributed by atoms with Crippen LogP contribution in [0.25, 0.3) is 0 Å². The minimum atomic E-state index is 0.156. The normalized spacial score (nSPS) is 20.5. The van der Waals surface area contributed by atoms with E-state index in [1.165, 1.54) is 47.7 Å². The Bertz CT molecular complexity index is 464. The van der Waals surface area contributed by atoms with Gasteiger partial charge in [0.05, 0.1) is 10.7 Å². The molecule has 1 aromatic heterocycles. The highest BCUT2D eigenvalue weighted by Crippen LogP contribution is 2.36. The lowest BCUT2D eigenvalue weighted by molar-refractivity contribution is 0.202. The molecule has 1 heterocycles. The summed E-state index contributed by atoms with van der Waals surface area (Å²) >= 11 is 1.89. The van der Waals surface area contributed by atoms with Gasteiger partial charge in [-0.25, -0.2) is 4.98 Å². The van der Waals surface area contributed by atoms with Crippen LogP contribution in [-0.2, 0) is 5.41 Å². The monoisotopic (exact) mass is 308 g/mol. The Kier molecular flexibility index (Phi) is 5.15. The molecule has 1 aliphatic carbocycles. The molecule has 1 aliphatic rings. The summed E-state index contributed by atoms with van der Waals surface area (Å²) in [6.07, 6.45) is 6.98. The Labute approximate surface area is 134 Å². The second-order valence-corrected chi connectivity index (χ2v) is 9.22.